The molecule has 0 bridgehead atoms. The lowest BCUT2D eigenvalue weighted by atomic mass is 10.1. The molecule has 0 fully saturated rings. The van der Waals surface area contributed by atoms with Crippen molar-refractivity contribution >= 4 is 24.0 Å². The molecule has 5 nitrogen and oxygen atoms in total. The van der Waals surface area contributed by atoms with Crippen LogP contribution in [0, 0.1) is 0 Å². The molecule has 35 heavy (non-hydrogen) atoms. The number of carbonyl (C=O) groups excluding carboxylic acids is 2. The first-order valence-electron chi connectivity index (χ1n) is 12.9. The van der Waals surface area contributed by atoms with Crippen molar-refractivity contribution in [3.8, 4) is 5.75 Å². The maximum absolute atomic E-state index is 11.8. The summed E-state index contributed by atoms with van der Waals surface area (Å²) in [6.07, 6.45) is 18.4. The van der Waals surface area contributed by atoms with Crippen LogP contribution in [0.5, 0.6) is 5.75 Å². The maximum Gasteiger partial charge on any atom is 0.243 e. The van der Waals surface area contributed by atoms with Crippen LogP contribution in [-0.2, 0) is 9.59 Å². The zero-order chi connectivity index (χ0) is 25.0. The quantitative estimate of drug-likeness (QED) is 0.186. The average molecular weight is 477 g/mol. The fourth-order valence-electron chi connectivity index (χ4n) is 3.74. The van der Waals surface area contributed by atoms with Crippen LogP contribution in [0.25, 0.3) is 12.2 Å². The summed E-state index contributed by atoms with van der Waals surface area (Å²) in [5.74, 6) is 0.0657. The van der Waals surface area contributed by atoms with E-state index in [1.807, 2.05) is 42.5 Å². The Hall–Kier alpha value is -3.34. The van der Waals surface area contributed by atoms with Crippen LogP contribution >= 0.6 is 0 Å². The van der Waals surface area contributed by atoms with E-state index in [-0.39, 0.29) is 17.6 Å². The van der Waals surface area contributed by atoms with Crippen molar-refractivity contribution in [3.63, 3.8) is 0 Å². The van der Waals surface area contributed by atoms with E-state index in [1.165, 1.54) is 44.6 Å². The van der Waals surface area contributed by atoms with Gasteiger partial charge in [-0.3, -0.25) is 9.59 Å². The van der Waals surface area contributed by atoms with E-state index in [2.05, 4.69) is 10.6 Å². The highest BCUT2D eigenvalue weighted by molar-refractivity contribution is 5.92. The van der Waals surface area contributed by atoms with Crippen molar-refractivity contribution in [3.05, 3.63) is 77.9 Å². The minimum Gasteiger partial charge on any atom is -0.508 e. The molecule has 0 atom stereocenters. The molecule has 0 aliphatic carbocycles. The smallest absolute Gasteiger partial charge is 0.243 e. The second-order valence-corrected chi connectivity index (χ2v) is 8.79. The Morgan fingerprint density at radius 3 is 1.57 bits per heavy atom. The van der Waals surface area contributed by atoms with Gasteiger partial charge in [0, 0.05) is 25.2 Å². The predicted molar refractivity (Wildman–Crippen MR) is 145 cm³/mol. The van der Waals surface area contributed by atoms with Gasteiger partial charge in [-0.1, -0.05) is 93.8 Å². The molecular formula is C30H40N2O3. The van der Waals surface area contributed by atoms with Crippen LogP contribution in [0.1, 0.15) is 75.3 Å². The number of phenolic OH excluding ortho intramolecular Hbond substituents is 1. The second-order valence-electron chi connectivity index (χ2n) is 8.79. The topological polar surface area (TPSA) is 78.4 Å². The molecule has 0 heterocycles. The van der Waals surface area contributed by atoms with Gasteiger partial charge in [0.15, 0.2) is 0 Å². The van der Waals surface area contributed by atoms with Crippen LogP contribution in [0.3, 0.4) is 0 Å². The number of hydrogen-bond acceptors (Lipinski definition) is 3. The molecule has 2 aromatic carbocycles. The summed E-state index contributed by atoms with van der Waals surface area (Å²) in [5.41, 5.74) is 1.84. The highest BCUT2D eigenvalue weighted by atomic mass is 16.3. The predicted octanol–water partition coefficient (Wildman–Crippen LogP) is 6.25. The zero-order valence-corrected chi connectivity index (χ0v) is 20.8. The van der Waals surface area contributed by atoms with Crippen LogP contribution in [0.15, 0.2) is 66.7 Å². The van der Waals surface area contributed by atoms with E-state index < -0.39 is 0 Å². The van der Waals surface area contributed by atoms with Gasteiger partial charge in [-0.2, -0.15) is 0 Å². The molecule has 2 rings (SSSR count). The van der Waals surface area contributed by atoms with E-state index >= 15 is 0 Å². The third-order valence-corrected chi connectivity index (χ3v) is 5.73. The zero-order valence-electron chi connectivity index (χ0n) is 20.8. The second kappa shape index (κ2) is 18.0. The molecule has 188 valence electrons. The molecule has 0 saturated heterocycles. The molecule has 0 aliphatic rings. The summed E-state index contributed by atoms with van der Waals surface area (Å²) in [6, 6.07) is 16.7. The van der Waals surface area contributed by atoms with E-state index in [0.29, 0.717) is 6.54 Å². The lowest BCUT2D eigenvalue weighted by molar-refractivity contribution is -0.117. The number of carbonyl (C=O) groups is 2. The third kappa shape index (κ3) is 14.5. The number of amides is 2. The Kier molecular flexibility index (Phi) is 14.4. The van der Waals surface area contributed by atoms with E-state index in [1.54, 1.807) is 30.4 Å². The highest BCUT2D eigenvalue weighted by Gasteiger charge is 1.98. The van der Waals surface area contributed by atoms with Crippen LogP contribution in [0.4, 0.5) is 0 Å². The normalized spacial score (nSPS) is 11.2. The van der Waals surface area contributed by atoms with Crippen molar-refractivity contribution in [1.82, 2.24) is 10.6 Å². The fourth-order valence-corrected chi connectivity index (χ4v) is 3.74. The molecule has 3 N–H and O–H groups in total. The molecule has 0 unspecified atom stereocenters. The van der Waals surface area contributed by atoms with Crippen LogP contribution in [0.2, 0.25) is 0 Å². The molecule has 5 heteroatoms. The standard InChI is InChI=1S/C30H40N2O3/c33-28-18-14-17-27(25-28)20-22-30(35)32-24-13-8-6-4-2-1-3-5-7-12-23-31-29(34)21-19-26-15-10-9-11-16-26/h9-11,14-22,25,33H,1-8,12-13,23-24H2,(H,31,34)(H,32,35)/b21-19+,22-20?. The van der Waals surface area contributed by atoms with Crippen molar-refractivity contribution in [2.75, 3.05) is 13.1 Å². The van der Waals surface area contributed by atoms with Crippen LogP contribution < -0.4 is 10.6 Å². The van der Waals surface area contributed by atoms with Gasteiger partial charge in [0.2, 0.25) is 11.8 Å². The van der Waals surface area contributed by atoms with E-state index in [4.69, 9.17) is 0 Å². The van der Waals surface area contributed by atoms with Crippen molar-refractivity contribution in [2.45, 2.75) is 64.2 Å². The van der Waals surface area contributed by atoms with Gasteiger partial charge in [-0.25, -0.2) is 0 Å². The summed E-state index contributed by atoms with van der Waals surface area (Å²) in [6.45, 7) is 1.43. The number of phenols is 1. The van der Waals surface area contributed by atoms with E-state index in [0.717, 1.165) is 43.4 Å². The van der Waals surface area contributed by atoms with Gasteiger partial charge in [-0.05, 0) is 48.3 Å². The monoisotopic (exact) mass is 476 g/mol. The molecule has 0 saturated carbocycles. The van der Waals surface area contributed by atoms with Crippen molar-refractivity contribution in [2.24, 2.45) is 0 Å². The molecular weight excluding hydrogens is 436 g/mol. The number of hydrogen-bond donors (Lipinski definition) is 3. The summed E-state index contributed by atoms with van der Waals surface area (Å²) in [7, 11) is 0. The first-order chi connectivity index (χ1) is 17.1. The Labute approximate surface area is 210 Å². The van der Waals surface area contributed by atoms with Gasteiger partial charge < -0.3 is 15.7 Å². The maximum atomic E-state index is 11.8. The number of nitrogens with one attached hydrogen (secondary N) is 2. The molecule has 0 spiro atoms. The first-order valence-corrected chi connectivity index (χ1v) is 12.9. The van der Waals surface area contributed by atoms with Gasteiger partial charge >= 0.3 is 0 Å². The van der Waals surface area contributed by atoms with Gasteiger partial charge in [0.1, 0.15) is 5.75 Å². The molecule has 2 aromatic rings. The average Bonchev–Trinajstić information content (AvgIpc) is 2.87. The highest BCUT2D eigenvalue weighted by Crippen LogP contribution is 2.12. The fraction of sp³-hybridized carbons (Fsp3) is 0.400. The Morgan fingerprint density at radius 1 is 0.600 bits per heavy atom. The minimum absolute atomic E-state index is 0.0294. The van der Waals surface area contributed by atoms with Gasteiger partial charge in [-0.15, -0.1) is 0 Å². The number of aromatic hydroxyl groups is 1. The van der Waals surface area contributed by atoms with Crippen molar-refractivity contribution in [1.29, 1.82) is 0 Å². The first kappa shape index (κ1) is 27.9. The SMILES string of the molecule is O=C(C=Cc1cccc(O)c1)NCCCCCCCCCCCCNC(=O)/C=C/c1ccccc1. The lowest BCUT2D eigenvalue weighted by Crippen LogP contribution is -2.21. The van der Waals surface area contributed by atoms with E-state index in [9.17, 15) is 14.7 Å². The summed E-state index contributed by atoms with van der Waals surface area (Å²) in [5, 5.41) is 15.3. The van der Waals surface area contributed by atoms with Gasteiger partial charge in [0.05, 0.1) is 0 Å². The number of rotatable bonds is 17. The number of unbranched alkanes of at least 4 members (excludes halogenated alkanes) is 9. The third-order valence-electron chi connectivity index (χ3n) is 5.73. The summed E-state index contributed by atoms with van der Waals surface area (Å²) in [4.78, 5) is 23.6. The Balaban J connectivity index is 1.33. The lowest BCUT2D eigenvalue weighted by Gasteiger charge is -2.04. The van der Waals surface area contributed by atoms with Crippen LogP contribution in [-0.4, -0.2) is 30.0 Å². The summed E-state index contributed by atoms with van der Waals surface area (Å²) >= 11 is 0. The summed E-state index contributed by atoms with van der Waals surface area (Å²) < 4.78 is 0. The van der Waals surface area contributed by atoms with Gasteiger partial charge in [0.25, 0.3) is 0 Å². The number of benzene rings is 2. The molecule has 0 aliphatic heterocycles. The molecule has 2 amide bonds. The molecule has 0 radical (unpaired) electrons. The van der Waals surface area contributed by atoms with Crippen molar-refractivity contribution < 1.29 is 14.7 Å². The largest absolute Gasteiger partial charge is 0.508 e. The Morgan fingerprint density at radius 2 is 1.06 bits per heavy atom. The molecule has 0 aromatic heterocycles. The minimum atomic E-state index is -0.100. The Bertz CT molecular complexity index is 922.